The Hall–Kier alpha value is -7.86. The van der Waals surface area contributed by atoms with Crippen LogP contribution in [0.15, 0.2) is 182 Å². The maximum Gasteiger partial charge on any atom is 0.0992 e. The molecule has 5 heteroatoms. The summed E-state index contributed by atoms with van der Waals surface area (Å²) in [4.78, 5) is 0. The number of nitrogens with zero attached hydrogens (tertiary/aromatic N) is 4. The van der Waals surface area contributed by atoms with E-state index in [-0.39, 0.29) is 0 Å². The number of nitriles is 2. The highest BCUT2D eigenvalue weighted by atomic mass is 15.1. The van der Waals surface area contributed by atoms with Crippen molar-refractivity contribution in [2.75, 3.05) is 5.32 Å². The van der Waals surface area contributed by atoms with Crippen LogP contribution in [-0.2, 0) is 0 Å². The van der Waals surface area contributed by atoms with E-state index >= 15 is 0 Å². The Labute approximate surface area is 317 Å². The lowest BCUT2D eigenvalue weighted by Crippen LogP contribution is -2.08. The zero-order valence-electron chi connectivity index (χ0n) is 29.6. The normalized spacial score (nSPS) is 11.2. The summed E-state index contributed by atoms with van der Waals surface area (Å²) in [5.41, 5.74) is 12.7. The molecule has 0 radical (unpaired) electrons. The van der Waals surface area contributed by atoms with Crippen molar-refractivity contribution in [3.05, 3.63) is 193 Å². The molecule has 0 atom stereocenters. The summed E-state index contributed by atoms with van der Waals surface area (Å²) in [6.45, 7) is 0. The van der Waals surface area contributed by atoms with Gasteiger partial charge >= 0.3 is 0 Å². The van der Waals surface area contributed by atoms with Gasteiger partial charge in [-0.3, -0.25) is 0 Å². The third-order valence-corrected chi connectivity index (χ3v) is 10.5. The van der Waals surface area contributed by atoms with Crippen LogP contribution in [0.2, 0.25) is 0 Å². The molecule has 0 aliphatic carbocycles. The zero-order valence-corrected chi connectivity index (χ0v) is 29.6. The first-order valence-corrected chi connectivity index (χ1v) is 18.2. The molecule has 0 bridgehead atoms. The van der Waals surface area contributed by atoms with Gasteiger partial charge in [-0.2, -0.15) is 10.5 Å². The van der Waals surface area contributed by atoms with E-state index in [1.807, 2.05) is 18.2 Å². The van der Waals surface area contributed by atoms with Crippen molar-refractivity contribution in [3.8, 4) is 45.8 Å². The summed E-state index contributed by atoms with van der Waals surface area (Å²) in [6, 6.07) is 67.4. The minimum atomic E-state index is 0.433. The lowest BCUT2D eigenvalue weighted by atomic mass is 9.97. The molecule has 2 heterocycles. The topological polar surface area (TPSA) is 69.5 Å². The summed E-state index contributed by atoms with van der Waals surface area (Å²) in [6.07, 6.45) is 0. The molecular formula is C50H31N5. The van der Waals surface area contributed by atoms with E-state index in [2.05, 4.69) is 184 Å². The molecule has 0 saturated carbocycles. The monoisotopic (exact) mass is 701 g/mol. The standard InChI is InChI=1S/C50H31N5/c51-31-33-26-34(32-52)28-36(27-33)37-29-44(53-43-21-9-4-16-38(43)35-14-2-1-3-15-35)50(55-47-24-12-7-19-41(47)42-20-8-13-25-48(42)55)49(30-37)54-45-22-10-5-17-39(45)40-18-6-11-23-46(40)54/h1-30,53H. The summed E-state index contributed by atoms with van der Waals surface area (Å²) in [7, 11) is 0. The molecular weight excluding hydrogens is 671 g/mol. The third-order valence-electron chi connectivity index (χ3n) is 10.5. The van der Waals surface area contributed by atoms with E-state index in [1.165, 1.54) is 0 Å². The molecule has 0 fully saturated rings. The van der Waals surface area contributed by atoms with Gasteiger partial charge in [0.2, 0.25) is 0 Å². The number of aromatic nitrogens is 2. The number of nitrogens with one attached hydrogen (secondary N) is 1. The molecule has 0 amide bonds. The molecule has 0 spiro atoms. The van der Waals surface area contributed by atoms with Gasteiger partial charge in [0.05, 0.1) is 62.4 Å². The van der Waals surface area contributed by atoms with Crippen LogP contribution in [-0.4, -0.2) is 9.13 Å². The van der Waals surface area contributed by atoms with Gasteiger partial charge in [0, 0.05) is 32.8 Å². The SMILES string of the molecule is N#Cc1cc(C#N)cc(-c2cc(Nc3ccccc3-c3ccccc3)c(-n3c4ccccc4c4ccccc43)c(-n3c4ccccc4c4ccccc43)c2)c1. The first kappa shape index (κ1) is 31.8. The van der Waals surface area contributed by atoms with Gasteiger partial charge < -0.3 is 14.5 Å². The molecule has 256 valence electrons. The van der Waals surface area contributed by atoms with E-state index in [0.29, 0.717) is 11.1 Å². The van der Waals surface area contributed by atoms with Gasteiger partial charge in [0.25, 0.3) is 0 Å². The molecule has 10 rings (SSSR count). The average Bonchev–Trinajstić information content (AvgIpc) is 3.76. The molecule has 8 aromatic carbocycles. The van der Waals surface area contributed by atoms with E-state index in [1.54, 1.807) is 6.07 Å². The van der Waals surface area contributed by atoms with Crippen LogP contribution in [0.4, 0.5) is 11.4 Å². The second kappa shape index (κ2) is 13.0. The Bertz CT molecular complexity index is 3070. The van der Waals surface area contributed by atoms with E-state index in [4.69, 9.17) is 0 Å². The first-order valence-electron chi connectivity index (χ1n) is 18.2. The smallest absolute Gasteiger partial charge is 0.0992 e. The van der Waals surface area contributed by atoms with Gasteiger partial charge in [-0.25, -0.2) is 0 Å². The van der Waals surface area contributed by atoms with Crippen LogP contribution >= 0.6 is 0 Å². The minimum absolute atomic E-state index is 0.433. The fourth-order valence-electron chi connectivity index (χ4n) is 8.16. The van der Waals surface area contributed by atoms with Crippen molar-refractivity contribution in [3.63, 3.8) is 0 Å². The average molecular weight is 702 g/mol. The minimum Gasteiger partial charge on any atom is -0.353 e. The van der Waals surface area contributed by atoms with Crippen LogP contribution in [0.1, 0.15) is 11.1 Å². The van der Waals surface area contributed by atoms with Crippen LogP contribution < -0.4 is 5.32 Å². The first-order chi connectivity index (χ1) is 27.2. The lowest BCUT2D eigenvalue weighted by Gasteiger charge is -2.24. The van der Waals surface area contributed by atoms with Gasteiger partial charge in [-0.05, 0) is 77.4 Å². The van der Waals surface area contributed by atoms with Crippen LogP contribution in [0, 0.1) is 22.7 Å². The van der Waals surface area contributed by atoms with Crippen molar-refractivity contribution < 1.29 is 0 Å². The Kier molecular flexibility index (Phi) is 7.51. The van der Waals surface area contributed by atoms with Crippen LogP contribution in [0.3, 0.4) is 0 Å². The number of fused-ring (bicyclic) bond motifs is 6. The van der Waals surface area contributed by atoms with Gasteiger partial charge in [0.1, 0.15) is 0 Å². The van der Waals surface area contributed by atoms with Crippen LogP contribution in [0.5, 0.6) is 0 Å². The third kappa shape index (κ3) is 5.23. The maximum atomic E-state index is 10.0. The Morgan fingerprint density at radius 1 is 0.382 bits per heavy atom. The molecule has 0 aliphatic rings. The number of benzene rings is 8. The molecule has 0 aliphatic heterocycles. The molecule has 2 aromatic heterocycles. The predicted octanol–water partition coefficient (Wildman–Crippen LogP) is 12.7. The molecule has 10 aromatic rings. The van der Waals surface area contributed by atoms with E-state index < -0.39 is 0 Å². The quantitative estimate of drug-likeness (QED) is 0.188. The second-order valence-corrected chi connectivity index (χ2v) is 13.7. The Balaban J connectivity index is 1.39. The summed E-state index contributed by atoms with van der Waals surface area (Å²) >= 11 is 0. The zero-order chi connectivity index (χ0) is 36.9. The number of rotatable bonds is 6. The van der Waals surface area contributed by atoms with Crippen molar-refractivity contribution in [2.24, 2.45) is 0 Å². The lowest BCUT2D eigenvalue weighted by molar-refractivity contribution is 1.10. The molecule has 5 nitrogen and oxygen atoms in total. The molecule has 0 unspecified atom stereocenters. The number of hydrogen-bond donors (Lipinski definition) is 1. The van der Waals surface area contributed by atoms with E-state index in [9.17, 15) is 10.5 Å². The van der Waals surface area contributed by atoms with Gasteiger partial charge in [-0.1, -0.05) is 121 Å². The van der Waals surface area contributed by atoms with Crippen LogP contribution in [0.25, 0.3) is 77.2 Å². The summed E-state index contributed by atoms with van der Waals surface area (Å²) < 4.78 is 4.74. The molecule has 1 N–H and O–H groups in total. The van der Waals surface area contributed by atoms with Crippen molar-refractivity contribution in [1.29, 1.82) is 10.5 Å². The largest absolute Gasteiger partial charge is 0.353 e. The summed E-state index contributed by atoms with van der Waals surface area (Å²) in [5.74, 6) is 0. The van der Waals surface area contributed by atoms with Crippen molar-refractivity contribution in [1.82, 2.24) is 9.13 Å². The number of para-hydroxylation sites is 5. The molecule has 0 saturated heterocycles. The predicted molar refractivity (Wildman–Crippen MR) is 225 cm³/mol. The summed E-state index contributed by atoms with van der Waals surface area (Å²) in [5, 5.41) is 28.7. The van der Waals surface area contributed by atoms with Gasteiger partial charge in [-0.15, -0.1) is 0 Å². The number of anilines is 2. The highest BCUT2D eigenvalue weighted by Gasteiger charge is 2.24. The van der Waals surface area contributed by atoms with Gasteiger partial charge in [0.15, 0.2) is 0 Å². The van der Waals surface area contributed by atoms with Crippen molar-refractivity contribution in [2.45, 2.75) is 0 Å². The highest BCUT2D eigenvalue weighted by molar-refractivity contribution is 6.12. The van der Waals surface area contributed by atoms with E-state index in [0.717, 1.165) is 88.6 Å². The second-order valence-electron chi connectivity index (χ2n) is 13.7. The highest BCUT2D eigenvalue weighted by Crippen LogP contribution is 2.44. The Morgan fingerprint density at radius 3 is 1.38 bits per heavy atom. The Morgan fingerprint density at radius 2 is 0.836 bits per heavy atom. The maximum absolute atomic E-state index is 10.0. The van der Waals surface area contributed by atoms with Crippen molar-refractivity contribution >= 4 is 55.0 Å². The molecule has 55 heavy (non-hydrogen) atoms. The fourth-order valence-corrected chi connectivity index (χ4v) is 8.16. The number of hydrogen-bond acceptors (Lipinski definition) is 3. The fraction of sp³-hybridized carbons (Fsp3) is 0.